The zero-order chi connectivity index (χ0) is 45.0. The summed E-state index contributed by atoms with van der Waals surface area (Å²) in [6, 6.07) is -0.784. The molecule has 336 valence electrons. The van der Waals surface area contributed by atoms with Gasteiger partial charge in [-0.1, -0.05) is 70.5 Å². The zero-order valence-corrected chi connectivity index (χ0v) is 36.0. The summed E-state index contributed by atoms with van der Waals surface area (Å²) in [7, 11) is 0. The van der Waals surface area contributed by atoms with Crippen LogP contribution >= 0.6 is 11.8 Å². The van der Waals surface area contributed by atoms with Gasteiger partial charge in [-0.3, -0.25) is 43.2 Å². The molecule has 62 heavy (non-hydrogen) atoms. The maximum atomic E-state index is 14.6. The van der Waals surface area contributed by atoms with Crippen molar-refractivity contribution in [3.8, 4) is 0 Å². The van der Waals surface area contributed by atoms with Gasteiger partial charge in [0.15, 0.2) is 5.37 Å². The summed E-state index contributed by atoms with van der Waals surface area (Å²) in [5.74, 6) is -8.00. The Morgan fingerprint density at radius 2 is 1.52 bits per heavy atom. The second-order valence-electron chi connectivity index (χ2n) is 16.6. The van der Waals surface area contributed by atoms with E-state index in [9.17, 15) is 48.3 Å². The largest absolute Gasteiger partial charge is 0.391 e. The highest BCUT2D eigenvalue weighted by Crippen LogP contribution is 2.34. The molecule has 5 heterocycles. The minimum Gasteiger partial charge on any atom is -0.391 e. The predicted octanol–water partition coefficient (Wildman–Crippen LogP) is -1.75. The molecule has 6 rings (SSSR count). The van der Waals surface area contributed by atoms with Crippen molar-refractivity contribution in [2.45, 2.75) is 125 Å². The lowest BCUT2D eigenvalue weighted by Gasteiger charge is -2.32. The highest BCUT2D eigenvalue weighted by atomic mass is 32.2. The molecule has 9 amide bonds. The van der Waals surface area contributed by atoms with E-state index in [1.807, 2.05) is 6.92 Å². The lowest BCUT2D eigenvalue weighted by atomic mass is 9.96. The van der Waals surface area contributed by atoms with Gasteiger partial charge in [0.05, 0.1) is 24.1 Å². The molecule has 0 aliphatic carbocycles. The van der Waals surface area contributed by atoms with Crippen LogP contribution in [-0.4, -0.2) is 140 Å². The molecule has 1 aromatic carbocycles. The number of para-hydroxylation sites is 1. The quantitative estimate of drug-likeness (QED) is 0.157. The van der Waals surface area contributed by atoms with E-state index in [2.05, 4.69) is 36.9 Å². The van der Waals surface area contributed by atoms with Crippen molar-refractivity contribution < 1.29 is 48.3 Å². The molecular weight excluding hydrogens is 825 g/mol. The number of nitrogens with two attached hydrogens (primary N) is 1. The van der Waals surface area contributed by atoms with Gasteiger partial charge in [0.1, 0.15) is 36.3 Å². The summed E-state index contributed by atoms with van der Waals surface area (Å²) in [6.07, 6.45) is -0.815. The van der Waals surface area contributed by atoms with Crippen LogP contribution in [-0.2, 0) is 49.6 Å². The highest BCUT2D eigenvalue weighted by molar-refractivity contribution is 8.00. The zero-order valence-electron chi connectivity index (χ0n) is 35.2. The number of rotatable bonds is 6. The number of fused-ring (bicyclic) bond motifs is 5. The fraction of sp³-hybridized carbons (Fsp3) is 0.585. The number of aromatic nitrogens is 1. The first kappa shape index (κ1) is 45.8. The van der Waals surface area contributed by atoms with Crippen molar-refractivity contribution in [1.82, 2.24) is 46.7 Å². The van der Waals surface area contributed by atoms with Crippen molar-refractivity contribution in [3.63, 3.8) is 0 Å². The van der Waals surface area contributed by atoms with Gasteiger partial charge in [-0.2, -0.15) is 0 Å². The molecule has 0 spiro atoms. The van der Waals surface area contributed by atoms with Gasteiger partial charge in [0, 0.05) is 36.8 Å². The molecule has 2 bridgehead atoms. The van der Waals surface area contributed by atoms with Crippen LogP contribution < -0.4 is 37.6 Å². The number of amides is 9. The van der Waals surface area contributed by atoms with Gasteiger partial charge in [-0.05, 0) is 36.3 Å². The average molecular weight is 881 g/mol. The second-order valence-corrected chi connectivity index (χ2v) is 17.7. The molecule has 20 nitrogen and oxygen atoms in total. The first-order valence-electron chi connectivity index (χ1n) is 21.1. The number of primary amides is 1. The summed E-state index contributed by atoms with van der Waals surface area (Å²) in [6.45, 7) is 6.37. The van der Waals surface area contributed by atoms with Crippen molar-refractivity contribution >= 4 is 75.8 Å². The van der Waals surface area contributed by atoms with Gasteiger partial charge in [0.2, 0.25) is 47.3 Å². The number of aromatic amines is 1. The molecule has 1 aromatic heterocycles. The Hall–Kier alpha value is -5.70. The SMILES string of the molecule is CC[C@H](C)[C@@H]1NC(=O)[C@@H]2C[C@@H](O)CN2C(=O)C(CC(N)=O)NC(=O)[C@H]2NC(=O)[C@H]3CCCN3C(=O)[C@H]([C@@H](C)CC)NC(=O)CNC(=O)[C@H](Cc3c([nH]c4ccccc34)S2)NC1=O. The smallest absolute Gasteiger partial charge is 0.254 e. The van der Waals surface area contributed by atoms with Crippen molar-refractivity contribution in [2.24, 2.45) is 17.6 Å². The predicted molar refractivity (Wildman–Crippen MR) is 224 cm³/mol. The van der Waals surface area contributed by atoms with Crippen LogP contribution in [0.3, 0.4) is 0 Å². The second kappa shape index (κ2) is 19.6. The van der Waals surface area contributed by atoms with E-state index in [1.165, 1.54) is 4.90 Å². The molecule has 4 aliphatic heterocycles. The third kappa shape index (κ3) is 9.98. The number of hydrogen-bond donors (Lipinski definition) is 9. The summed E-state index contributed by atoms with van der Waals surface area (Å²) in [5.41, 5.74) is 6.59. The molecule has 21 heteroatoms. The molecule has 4 aliphatic rings. The third-order valence-corrected chi connectivity index (χ3v) is 13.4. The Bertz CT molecular complexity index is 2110. The topological polar surface area (TPSA) is 294 Å². The molecular formula is C41H56N10O10S. The molecule has 0 saturated carbocycles. The maximum absolute atomic E-state index is 14.6. The van der Waals surface area contributed by atoms with Crippen LogP contribution in [0.5, 0.6) is 0 Å². The minimum absolute atomic E-state index is 0.178. The Kier molecular flexibility index (Phi) is 14.5. The van der Waals surface area contributed by atoms with E-state index in [1.54, 1.807) is 45.0 Å². The summed E-state index contributed by atoms with van der Waals surface area (Å²) < 4.78 is 0. The molecule has 10 N–H and O–H groups in total. The van der Waals surface area contributed by atoms with Crippen molar-refractivity contribution in [1.29, 1.82) is 0 Å². The molecule has 1 unspecified atom stereocenters. The number of aliphatic hydroxyl groups excluding tert-OH is 1. The van der Waals surface area contributed by atoms with Crippen molar-refractivity contribution in [2.75, 3.05) is 19.6 Å². The number of nitrogens with zero attached hydrogens (tertiary/aromatic N) is 2. The summed E-state index contributed by atoms with van der Waals surface area (Å²) >= 11 is 0.831. The van der Waals surface area contributed by atoms with Crippen LogP contribution in [0.2, 0.25) is 0 Å². The fourth-order valence-electron chi connectivity index (χ4n) is 8.43. The van der Waals surface area contributed by atoms with Gasteiger partial charge < -0.3 is 57.5 Å². The van der Waals surface area contributed by atoms with E-state index in [0.717, 1.165) is 16.7 Å². The van der Waals surface area contributed by atoms with Crippen LogP contribution in [0, 0.1) is 11.8 Å². The van der Waals surface area contributed by atoms with Gasteiger partial charge in [0.25, 0.3) is 5.91 Å². The number of H-pyrrole nitrogens is 1. The van der Waals surface area contributed by atoms with Crippen LogP contribution in [0.4, 0.5) is 0 Å². The fourth-order valence-corrected chi connectivity index (χ4v) is 9.52. The van der Waals surface area contributed by atoms with E-state index in [0.29, 0.717) is 35.7 Å². The number of aliphatic hydroxyl groups is 1. The lowest BCUT2D eigenvalue weighted by molar-refractivity contribution is -0.144. The number of benzene rings is 1. The minimum atomic E-state index is -1.66. The number of hydrogen-bond acceptors (Lipinski definition) is 11. The van der Waals surface area contributed by atoms with Crippen molar-refractivity contribution in [3.05, 3.63) is 29.8 Å². The van der Waals surface area contributed by atoms with Crippen LogP contribution in [0.25, 0.3) is 10.9 Å². The van der Waals surface area contributed by atoms with E-state index in [-0.39, 0.29) is 37.4 Å². The molecule has 10 atom stereocenters. The van der Waals surface area contributed by atoms with Gasteiger partial charge >= 0.3 is 0 Å². The standard InChI is InChI=1S/C41H56N10O10S/c1-5-19(3)31-36(58)44-25-15-23-22-10-7-8-11-24(22)46-38(23)62-39(37(59)45-26(16-29(42)53)40(60)51-18-21(52)14-28(51)35(57)48-31)49-34(56)27-12-9-13-50(27)41(61)32(20(4)6-2)47-30(54)17-43-33(25)55/h7-8,10-11,19-21,25-28,31-32,39,46,52H,5-6,9,12-18H2,1-4H3,(H2,42,53)(H,43,55)(H,44,58)(H,45,59)(H,47,54)(H,48,57)(H,49,56)/t19-,20-,21+,25-,26?,27+,28-,31-,32-,39-/m0/s1. The number of nitrogens with one attached hydrogen (secondary N) is 7. The molecule has 2 fully saturated rings. The van der Waals surface area contributed by atoms with Crippen LogP contribution in [0.15, 0.2) is 29.3 Å². The number of thioether (sulfide) groups is 1. The Morgan fingerprint density at radius 1 is 0.823 bits per heavy atom. The molecule has 2 saturated heterocycles. The van der Waals surface area contributed by atoms with Gasteiger partial charge in [-0.15, -0.1) is 0 Å². The lowest BCUT2D eigenvalue weighted by Crippen LogP contribution is -2.61. The molecule has 2 aromatic rings. The number of carbonyl (C=O) groups excluding carboxylic acids is 9. The monoisotopic (exact) mass is 880 g/mol. The number of carbonyl (C=O) groups is 9. The normalized spacial score (nSPS) is 29.4. The maximum Gasteiger partial charge on any atom is 0.254 e. The third-order valence-electron chi connectivity index (χ3n) is 12.3. The summed E-state index contributed by atoms with van der Waals surface area (Å²) in [4.78, 5) is 132. The van der Waals surface area contributed by atoms with E-state index in [4.69, 9.17) is 5.73 Å². The average Bonchev–Trinajstić information content (AvgIpc) is 3.98. The van der Waals surface area contributed by atoms with E-state index < -0.39 is 126 Å². The highest BCUT2D eigenvalue weighted by Gasteiger charge is 2.45. The van der Waals surface area contributed by atoms with E-state index >= 15 is 0 Å². The van der Waals surface area contributed by atoms with Gasteiger partial charge in [-0.25, -0.2) is 0 Å². The first-order chi connectivity index (χ1) is 29.5. The Labute approximate surface area is 362 Å². The summed E-state index contributed by atoms with van der Waals surface area (Å²) in [5, 5.41) is 26.2. The Morgan fingerprint density at radius 3 is 2.23 bits per heavy atom. The first-order valence-corrected chi connectivity index (χ1v) is 22.0. The molecule has 0 radical (unpaired) electrons. The Balaban J connectivity index is 1.53. The van der Waals surface area contributed by atoms with Crippen LogP contribution in [0.1, 0.15) is 71.8 Å².